The Hall–Kier alpha value is -2.80. The van der Waals surface area contributed by atoms with Crippen molar-refractivity contribution >= 4 is 29.4 Å². The second kappa shape index (κ2) is 9.05. The third kappa shape index (κ3) is 4.86. The number of ether oxygens (including phenoxy) is 2. The van der Waals surface area contributed by atoms with E-state index in [1.807, 2.05) is 12.1 Å². The first-order valence-electron chi connectivity index (χ1n) is 8.07. The van der Waals surface area contributed by atoms with Crippen LogP contribution in [0.25, 0.3) is 11.3 Å². The van der Waals surface area contributed by atoms with Crippen LogP contribution in [-0.4, -0.2) is 34.9 Å². The summed E-state index contributed by atoms with van der Waals surface area (Å²) in [4.78, 5) is 23.9. The van der Waals surface area contributed by atoms with Gasteiger partial charge in [-0.3, -0.25) is 4.68 Å². The van der Waals surface area contributed by atoms with Gasteiger partial charge in [0.1, 0.15) is 5.82 Å². The number of rotatable bonds is 7. The molecular formula is C18H20ClN3O4. The van der Waals surface area contributed by atoms with E-state index < -0.39 is 11.9 Å². The first-order chi connectivity index (χ1) is 12.5. The Kier molecular flexibility index (Phi) is 6.80. The summed E-state index contributed by atoms with van der Waals surface area (Å²) in [6.07, 6.45) is 1.26. The molecule has 0 saturated heterocycles. The lowest BCUT2D eigenvalue weighted by Gasteiger charge is -2.07. The first-order valence-corrected chi connectivity index (χ1v) is 8.45. The summed E-state index contributed by atoms with van der Waals surface area (Å²) in [6, 6.07) is 9.05. The average Bonchev–Trinajstić information content (AvgIpc) is 2.97. The zero-order valence-corrected chi connectivity index (χ0v) is 15.5. The van der Waals surface area contributed by atoms with Gasteiger partial charge in [-0.2, -0.15) is 5.10 Å². The van der Waals surface area contributed by atoms with Gasteiger partial charge in [0.2, 0.25) is 0 Å². The van der Waals surface area contributed by atoms with Crippen LogP contribution in [0.2, 0.25) is 5.02 Å². The van der Waals surface area contributed by atoms with E-state index in [-0.39, 0.29) is 18.8 Å². The molecule has 1 aromatic carbocycles. The molecule has 0 unspecified atom stereocenters. The van der Waals surface area contributed by atoms with E-state index >= 15 is 0 Å². The lowest BCUT2D eigenvalue weighted by Crippen LogP contribution is -2.19. The molecule has 0 bridgehead atoms. The van der Waals surface area contributed by atoms with Gasteiger partial charge >= 0.3 is 11.9 Å². The third-order valence-electron chi connectivity index (χ3n) is 3.37. The van der Waals surface area contributed by atoms with Crippen molar-refractivity contribution in [3.05, 3.63) is 47.1 Å². The third-order valence-corrected chi connectivity index (χ3v) is 3.63. The van der Waals surface area contributed by atoms with Crippen LogP contribution in [0.5, 0.6) is 0 Å². The minimum Gasteiger partial charge on any atom is -0.462 e. The minimum absolute atomic E-state index is 0.155. The second-order valence-corrected chi connectivity index (χ2v) is 5.63. The van der Waals surface area contributed by atoms with Gasteiger partial charge < -0.3 is 14.8 Å². The Bertz CT molecular complexity index is 792. The van der Waals surface area contributed by atoms with Gasteiger partial charge in [0.05, 0.1) is 18.9 Å². The molecule has 2 aromatic rings. The maximum Gasteiger partial charge on any atom is 0.347 e. The van der Waals surface area contributed by atoms with Crippen LogP contribution in [0.1, 0.15) is 13.8 Å². The highest BCUT2D eigenvalue weighted by molar-refractivity contribution is 6.30. The molecule has 1 heterocycles. The molecule has 0 aliphatic carbocycles. The summed E-state index contributed by atoms with van der Waals surface area (Å²) in [5, 5.41) is 7.94. The molecule has 0 radical (unpaired) electrons. The van der Waals surface area contributed by atoms with Gasteiger partial charge in [-0.05, 0) is 26.0 Å². The van der Waals surface area contributed by atoms with Crippen molar-refractivity contribution < 1.29 is 19.1 Å². The molecule has 2 rings (SSSR count). The zero-order chi connectivity index (χ0) is 19.1. The van der Waals surface area contributed by atoms with Gasteiger partial charge in [0, 0.05) is 29.9 Å². The summed E-state index contributed by atoms with van der Waals surface area (Å²) in [6.45, 7) is 3.63. The SMILES string of the molecule is CCOC(=O)C(=CNc1cc(-c2ccc(Cl)cc2)nn1C)C(=O)OCC. The minimum atomic E-state index is -0.751. The summed E-state index contributed by atoms with van der Waals surface area (Å²) >= 11 is 5.90. The Morgan fingerprint density at radius 1 is 1.15 bits per heavy atom. The van der Waals surface area contributed by atoms with Crippen molar-refractivity contribution in [2.45, 2.75) is 13.8 Å². The fourth-order valence-corrected chi connectivity index (χ4v) is 2.26. The summed E-state index contributed by atoms with van der Waals surface area (Å²) in [5.74, 6) is -0.918. The van der Waals surface area contributed by atoms with Gasteiger partial charge in [-0.1, -0.05) is 23.7 Å². The number of carbonyl (C=O) groups is 2. The smallest absolute Gasteiger partial charge is 0.347 e. The molecule has 0 fully saturated rings. The van der Waals surface area contributed by atoms with E-state index in [9.17, 15) is 9.59 Å². The lowest BCUT2D eigenvalue weighted by atomic mass is 10.1. The number of hydrogen-bond donors (Lipinski definition) is 1. The van der Waals surface area contributed by atoms with Gasteiger partial charge in [-0.15, -0.1) is 0 Å². The monoisotopic (exact) mass is 377 g/mol. The van der Waals surface area contributed by atoms with E-state index in [2.05, 4.69) is 10.4 Å². The Balaban J connectivity index is 2.24. The molecule has 138 valence electrons. The van der Waals surface area contributed by atoms with E-state index in [4.69, 9.17) is 21.1 Å². The van der Waals surface area contributed by atoms with Crippen molar-refractivity contribution in [3.8, 4) is 11.3 Å². The summed E-state index contributed by atoms with van der Waals surface area (Å²) in [5.41, 5.74) is 1.38. The maximum atomic E-state index is 12.0. The molecule has 0 aliphatic heterocycles. The van der Waals surface area contributed by atoms with Crippen molar-refractivity contribution in [1.29, 1.82) is 0 Å². The fraction of sp³-hybridized carbons (Fsp3) is 0.278. The van der Waals surface area contributed by atoms with Crippen LogP contribution < -0.4 is 5.32 Å². The van der Waals surface area contributed by atoms with Gasteiger partial charge in [0.25, 0.3) is 0 Å². The Morgan fingerprint density at radius 2 is 1.73 bits per heavy atom. The zero-order valence-electron chi connectivity index (χ0n) is 14.8. The number of anilines is 1. The van der Waals surface area contributed by atoms with Crippen molar-refractivity contribution in [3.63, 3.8) is 0 Å². The van der Waals surface area contributed by atoms with Crippen LogP contribution in [-0.2, 0) is 26.1 Å². The molecule has 26 heavy (non-hydrogen) atoms. The quantitative estimate of drug-likeness (QED) is 0.345. The van der Waals surface area contributed by atoms with E-state index in [0.717, 1.165) is 5.56 Å². The van der Waals surface area contributed by atoms with Crippen molar-refractivity contribution in [2.24, 2.45) is 7.05 Å². The van der Waals surface area contributed by atoms with Gasteiger partial charge in [-0.25, -0.2) is 9.59 Å². The lowest BCUT2D eigenvalue weighted by molar-refractivity contribution is -0.146. The van der Waals surface area contributed by atoms with Crippen LogP contribution >= 0.6 is 11.6 Å². The van der Waals surface area contributed by atoms with Crippen LogP contribution in [0.3, 0.4) is 0 Å². The number of benzene rings is 1. The van der Waals surface area contributed by atoms with E-state index in [0.29, 0.717) is 16.5 Å². The molecule has 0 saturated carbocycles. The molecule has 8 heteroatoms. The van der Waals surface area contributed by atoms with Crippen molar-refractivity contribution in [1.82, 2.24) is 9.78 Å². The van der Waals surface area contributed by atoms with Crippen molar-refractivity contribution in [2.75, 3.05) is 18.5 Å². The molecule has 1 N–H and O–H groups in total. The molecular weight excluding hydrogens is 358 g/mol. The standard InChI is InChI=1S/C18H20ClN3O4/c1-4-25-17(23)14(18(24)26-5-2)11-20-16-10-15(21-22(16)3)12-6-8-13(19)9-7-12/h6-11,20H,4-5H2,1-3H3. The molecule has 0 aliphatic rings. The molecule has 0 spiro atoms. The Labute approximate surface area is 156 Å². The number of nitrogens with zero attached hydrogens (tertiary/aromatic N) is 2. The topological polar surface area (TPSA) is 82.5 Å². The highest BCUT2D eigenvalue weighted by atomic mass is 35.5. The molecule has 1 aromatic heterocycles. The number of hydrogen-bond acceptors (Lipinski definition) is 6. The number of esters is 2. The number of aromatic nitrogens is 2. The largest absolute Gasteiger partial charge is 0.462 e. The predicted octanol–water partition coefficient (Wildman–Crippen LogP) is 3.16. The molecule has 0 amide bonds. The van der Waals surface area contributed by atoms with Crippen LogP contribution in [0, 0.1) is 0 Å². The first kappa shape index (κ1) is 19.5. The summed E-state index contributed by atoms with van der Waals surface area (Å²) < 4.78 is 11.4. The van der Waals surface area contributed by atoms with Crippen LogP contribution in [0.4, 0.5) is 5.82 Å². The van der Waals surface area contributed by atoms with Gasteiger partial charge in [0.15, 0.2) is 5.57 Å². The molecule has 7 nitrogen and oxygen atoms in total. The summed E-state index contributed by atoms with van der Waals surface area (Å²) in [7, 11) is 1.74. The number of aryl methyl sites for hydroxylation is 1. The molecule has 0 atom stereocenters. The Morgan fingerprint density at radius 3 is 2.27 bits per heavy atom. The maximum absolute atomic E-state index is 12.0. The number of halogens is 1. The predicted molar refractivity (Wildman–Crippen MR) is 98.6 cm³/mol. The van der Waals surface area contributed by atoms with Crippen LogP contribution in [0.15, 0.2) is 42.1 Å². The number of carbonyl (C=O) groups excluding carboxylic acids is 2. The normalized spacial score (nSPS) is 10.2. The average molecular weight is 378 g/mol. The van der Waals surface area contributed by atoms with E-state index in [1.54, 1.807) is 43.8 Å². The van der Waals surface area contributed by atoms with E-state index in [1.165, 1.54) is 6.20 Å². The highest BCUT2D eigenvalue weighted by Gasteiger charge is 2.21. The second-order valence-electron chi connectivity index (χ2n) is 5.19. The highest BCUT2D eigenvalue weighted by Crippen LogP contribution is 2.23. The number of nitrogens with one attached hydrogen (secondary N) is 1. The fourth-order valence-electron chi connectivity index (χ4n) is 2.13.